The Bertz CT molecular complexity index is 1200. The minimum atomic E-state index is -0.544. The van der Waals surface area contributed by atoms with Gasteiger partial charge in [0.25, 0.3) is 5.56 Å². The minimum absolute atomic E-state index is 0.0834. The average molecular weight is 454 g/mol. The summed E-state index contributed by atoms with van der Waals surface area (Å²) in [6.07, 6.45) is 0.0834. The average Bonchev–Trinajstić information content (AvgIpc) is 2.81. The maximum atomic E-state index is 13.1. The summed E-state index contributed by atoms with van der Waals surface area (Å²) in [5, 5.41) is 3.19. The predicted octanol–water partition coefficient (Wildman–Crippen LogP) is 3.56. The number of fused-ring (bicyclic) bond motifs is 1. The van der Waals surface area contributed by atoms with Gasteiger partial charge in [0.1, 0.15) is 5.82 Å². The van der Waals surface area contributed by atoms with Crippen LogP contribution in [0.1, 0.15) is 29.0 Å². The van der Waals surface area contributed by atoms with E-state index in [1.165, 1.54) is 33.1 Å². The van der Waals surface area contributed by atoms with Gasteiger partial charge in [-0.2, -0.15) is 0 Å². The van der Waals surface area contributed by atoms with Crippen molar-refractivity contribution >= 4 is 23.5 Å². The molecule has 2 aromatic carbocycles. The number of methoxy groups -OCH3 is 3. The van der Waals surface area contributed by atoms with Crippen LogP contribution in [0.4, 0.5) is 5.82 Å². The summed E-state index contributed by atoms with van der Waals surface area (Å²) in [4.78, 5) is 33.0. The van der Waals surface area contributed by atoms with Crippen molar-refractivity contribution in [2.45, 2.75) is 23.2 Å². The van der Waals surface area contributed by atoms with Crippen molar-refractivity contribution in [1.29, 1.82) is 0 Å². The monoisotopic (exact) mass is 453 g/mol. The molecule has 0 spiro atoms. The van der Waals surface area contributed by atoms with Gasteiger partial charge in [0, 0.05) is 23.7 Å². The number of thioether (sulfide) groups is 1. The second-order valence-electron chi connectivity index (χ2n) is 7.14. The summed E-state index contributed by atoms with van der Waals surface area (Å²) >= 11 is 1.40. The van der Waals surface area contributed by atoms with Gasteiger partial charge in [-0.25, -0.2) is 4.98 Å². The fraction of sp³-hybridized carbons (Fsp3) is 0.261. The number of hydrogen-bond acceptors (Lipinski definition) is 7. The predicted molar refractivity (Wildman–Crippen MR) is 122 cm³/mol. The number of H-pyrrole nitrogens is 1. The number of aromatic amines is 1. The molecule has 2 heterocycles. The molecule has 166 valence electrons. The van der Waals surface area contributed by atoms with Crippen molar-refractivity contribution in [1.82, 2.24) is 9.97 Å². The van der Waals surface area contributed by atoms with E-state index in [4.69, 9.17) is 14.2 Å². The number of anilines is 1. The normalized spacial score (nSPS) is 15.0. The van der Waals surface area contributed by atoms with Gasteiger partial charge in [-0.05, 0) is 11.6 Å². The van der Waals surface area contributed by atoms with E-state index < -0.39 is 5.92 Å². The molecule has 1 aliphatic rings. The summed E-state index contributed by atoms with van der Waals surface area (Å²) in [6, 6.07) is 13.4. The van der Waals surface area contributed by atoms with Crippen molar-refractivity contribution in [3.05, 3.63) is 69.5 Å². The molecule has 0 unspecified atom stereocenters. The van der Waals surface area contributed by atoms with E-state index in [9.17, 15) is 9.59 Å². The van der Waals surface area contributed by atoms with Crippen LogP contribution in [0.5, 0.6) is 17.2 Å². The van der Waals surface area contributed by atoms with Crippen LogP contribution in [-0.4, -0.2) is 37.2 Å². The van der Waals surface area contributed by atoms with Crippen LogP contribution in [0.3, 0.4) is 0 Å². The van der Waals surface area contributed by atoms with Crippen LogP contribution >= 0.6 is 11.8 Å². The van der Waals surface area contributed by atoms with Gasteiger partial charge in [-0.15, -0.1) is 0 Å². The van der Waals surface area contributed by atoms with Crippen molar-refractivity contribution in [3.63, 3.8) is 0 Å². The van der Waals surface area contributed by atoms with Gasteiger partial charge >= 0.3 is 0 Å². The molecular weight excluding hydrogens is 430 g/mol. The lowest BCUT2D eigenvalue weighted by Gasteiger charge is -2.26. The highest BCUT2D eigenvalue weighted by Crippen LogP contribution is 2.46. The Hall–Kier alpha value is -3.46. The van der Waals surface area contributed by atoms with E-state index in [1.54, 1.807) is 12.1 Å². The topological polar surface area (TPSA) is 103 Å². The van der Waals surface area contributed by atoms with Crippen LogP contribution in [0, 0.1) is 0 Å². The van der Waals surface area contributed by atoms with Crippen molar-refractivity contribution in [2.75, 3.05) is 26.6 Å². The van der Waals surface area contributed by atoms with E-state index in [0.717, 1.165) is 5.56 Å². The summed E-state index contributed by atoms with van der Waals surface area (Å²) < 4.78 is 16.4. The number of ether oxygens (including phenoxy) is 3. The zero-order valence-electron chi connectivity index (χ0n) is 17.9. The molecule has 8 nitrogen and oxygen atoms in total. The Balaban J connectivity index is 1.74. The molecule has 3 aromatic rings. The first kappa shape index (κ1) is 21.8. The smallest absolute Gasteiger partial charge is 0.257 e. The molecule has 0 aliphatic carbocycles. The highest BCUT2D eigenvalue weighted by atomic mass is 32.2. The molecule has 0 bridgehead atoms. The summed E-state index contributed by atoms with van der Waals surface area (Å²) in [6.45, 7) is 0. The molecule has 0 fully saturated rings. The Morgan fingerprint density at radius 1 is 1.00 bits per heavy atom. The van der Waals surface area contributed by atoms with E-state index in [1.807, 2.05) is 30.3 Å². The molecule has 0 saturated carbocycles. The summed E-state index contributed by atoms with van der Waals surface area (Å²) in [5.74, 6) is 1.45. The molecule has 1 amide bonds. The van der Waals surface area contributed by atoms with Crippen molar-refractivity contribution in [2.24, 2.45) is 0 Å². The highest BCUT2D eigenvalue weighted by Gasteiger charge is 2.34. The molecule has 1 aromatic heterocycles. The second-order valence-corrected chi connectivity index (χ2v) is 8.10. The van der Waals surface area contributed by atoms with E-state index in [2.05, 4.69) is 15.3 Å². The molecule has 1 atom stereocenters. The third kappa shape index (κ3) is 4.16. The zero-order valence-corrected chi connectivity index (χ0v) is 18.7. The maximum absolute atomic E-state index is 13.1. The first-order valence-corrected chi connectivity index (χ1v) is 10.9. The first-order chi connectivity index (χ1) is 15.5. The van der Waals surface area contributed by atoms with Crippen LogP contribution in [0.25, 0.3) is 0 Å². The lowest BCUT2D eigenvalue weighted by Crippen LogP contribution is -2.31. The van der Waals surface area contributed by atoms with Crippen LogP contribution < -0.4 is 25.1 Å². The molecule has 4 rings (SSSR count). The number of amides is 1. The Morgan fingerprint density at radius 2 is 1.75 bits per heavy atom. The second kappa shape index (κ2) is 9.35. The number of aromatic nitrogens is 2. The largest absolute Gasteiger partial charge is 0.493 e. The lowest BCUT2D eigenvalue weighted by atomic mass is 9.86. The fourth-order valence-electron chi connectivity index (χ4n) is 3.81. The highest BCUT2D eigenvalue weighted by molar-refractivity contribution is 7.98. The molecule has 32 heavy (non-hydrogen) atoms. The molecule has 9 heteroatoms. The first-order valence-electron chi connectivity index (χ1n) is 9.95. The number of nitrogens with one attached hydrogen (secondary N) is 2. The number of rotatable bonds is 7. The SMILES string of the molecule is COc1ccc([C@H]2CC(=O)Nc3nc(SCc4ccccc4)[nH]c(=O)c32)c(OC)c1OC. The fourth-order valence-corrected chi connectivity index (χ4v) is 4.63. The molecule has 1 aliphatic heterocycles. The third-order valence-electron chi connectivity index (χ3n) is 5.26. The number of carbonyl (C=O) groups excluding carboxylic acids is 1. The number of nitrogens with zero attached hydrogens (tertiary/aromatic N) is 1. The van der Waals surface area contributed by atoms with Gasteiger partial charge < -0.3 is 24.5 Å². The molecule has 0 radical (unpaired) electrons. The van der Waals surface area contributed by atoms with Gasteiger partial charge in [-0.3, -0.25) is 9.59 Å². The quantitative estimate of drug-likeness (QED) is 0.416. The maximum Gasteiger partial charge on any atom is 0.257 e. The summed E-state index contributed by atoms with van der Waals surface area (Å²) in [5.41, 5.74) is 1.85. The van der Waals surface area contributed by atoms with Crippen LogP contribution in [0.2, 0.25) is 0 Å². The number of carbonyl (C=O) groups is 1. The number of benzene rings is 2. The standard InChI is InChI=1S/C23H23N3O5S/c1-29-16-10-9-14(19(30-2)20(16)31-3)15-11-17(27)24-21-18(15)22(28)26-23(25-21)32-12-13-7-5-4-6-8-13/h4-10,15H,11-12H2,1-3H3,(H2,24,25,26,27,28)/t15-/m1/s1. The van der Waals surface area contributed by atoms with Crippen LogP contribution in [0.15, 0.2) is 52.4 Å². The molecular formula is C23H23N3O5S. The van der Waals surface area contributed by atoms with E-state index in [-0.39, 0.29) is 23.7 Å². The Labute approximate surface area is 189 Å². The van der Waals surface area contributed by atoms with Gasteiger partial charge in [-0.1, -0.05) is 48.2 Å². The minimum Gasteiger partial charge on any atom is -0.493 e. The molecule has 2 N–H and O–H groups in total. The number of hydrogen-bond donors (Lipinski definition) is 2. The van der Waals surface area contributed by atoms with Crippen molar-refractivity contribution in [3.8, 4) is 17.2 Å². The summed E-state index contributed by atoms with van der Waals surface area (Å²) in [7, 11) is 4.55. The lowest BCUT2D eigenvalue weighted by molar-refractivity contribution is -0.116. The third-order valence-corrected chi connectivity index (χ3v) is 6.20. The van der Waals surface area contributed by atoms with Gasteiger partial charge in [0.2, 0.25) is 11.7 Å². The van der Waals surface area contributed by atoms with Gasteiger partial charge in [0.15, 0.2) is 16.7 Å². The van der Waals surface area contributed by atoms with E-state index in [0.29, 0.717) is 39.3 Å². The Kier molecular flexibility index (Phi) is 6.36. The zero-order chi connectivity index (χ0) is 22.7. The van der Waals surface area contributed by atoms with Crippen molar-refractivity contribution < 1.29 is 19.0 Å². The Morgan fingerprint density at radius 3 is 2.44 bits per heavy atom. The van der Waals surface area contributed by atoms with Gasteiger partial charge in [0.05, 0.1) is 26.9 Å². The van der Waals surface area contributed by atoms with Crippen LogP contribution in [-0.2, 0) is 10.5 Å². The van der Waals surface area contributed by atoms with E-state index >= 15 is 0 Å². The molecule has 0 saturated heterocycles.